The Morgan fingerprint density at radius 1 is 1.08 bits per heavy atom. The second-order valence-corrected chi connectivity index (χ2v) is 10.4. The first-order chi connectivity index (χ1) is 17.8. The van der Waals surface area contributed by atoms with Gasteiger partial charge in [0.15, 0.2) is 6.29 Å². The van der Waals surface area contributed by atoms with Gasteiger partial charge in [-0.2, -0.15) is 0 Å². The summed E-state index contributed by atoms with van der Waals surface area (Å²) in [5.41, 5.74) is 7.99. The van der Waals surface area contributed by atoms with Crippen molar-refractivity contribution >= 4 is 47.2 Å². The molecule has 2 unspecified atom stereocenters. The molecule has 2 aromatic rings. The summed E-state index contributed by atoms with van der Waals surface area (Å²) >= 11 is 7.04. The van der Waals surface area contributed by atoms with Gasteiger partial charge in [0.2, 0.25) is 0 Å². The molecule has 2 atom stereocenters. The number of aliphatic hydroxyl groups is 1. The highest BCUT2D eigenvalue weighted by atomic mass is 35.5. The molecule has 1 amide bonds. The summed E-state index contributed by atoms with van der Waals surface area (Å²) in [6, 6.07) is 13.7. The third-order valence-corrected chi connectivity index (χ3v) is 7.77. The van der Waals surface area contributed by atoms with Gasteiger partial charge in [0, 0.05) is 61.3 Å². The minimum absolute atomic E-state index is 0.0446. The number of piperazine rings is 1. The van der Waals surface area contributed by atoms with Gasteiger partial charge in [-0.15, -0.1) is 11.8 Å². The number of carboxylic acids is 1. The summed E-state index contributed by atoms with van der Waals surface area (Å²) in [5, 5.41) is 18.5. The molecule has 2 aromatic carbocycles. The molecule has 3 rings (SSSR count). The number of benzene rings is 2. The Kier molecular flexibility index (Phi) is 11.2. The van der Waals surface area contributed by atoms with Crippen LogP contribution in [0.15, 0.2) is 48.5 Å². The van der Waals surface area contributed by atoms with Crippen molar-refractivity contribution in [2.24, 2.45) is 5.73 Å². The smallest absolute Gasteiger partial charge is 0.321 e. The van der Waals surface area contributed by atoms with Crippen molar-refractivity contribution in [3.8, 4) is 0 Å². The van der Waals surface area contributed by atoms with E-state index in [-0.39, 0.29) is 24.8 Å². The molecule has 4 N–H and O–H groups in total. The highest BCUT2D eigenvalue weighted by Gasteiger charge is 2.24. The number of halogens is 1. The topological polar surface area (TPSA) is 127 Å². The standard InChI is InChI=1S/C26H33ClN4O5S/c27-21-5-1-19(2-6-21)9-10-29-11-13-30(14-12-29)25(34)20-3-7-22(8-4-20)31(15-16-32)24(17-33)37-18-23(28)26(35)36/h1-8,17,23-24,32H,9-16,18,28H2,(H,35,36). The molecule has 0 aliphatic carbocycles. The lowest BCUT2D eigenvalue weighted by molar-refractivity contribution is -0.137. The lowest BCUT2D eigenvalue weighted by atomic mass is 10.1. The van der Waals surface area contributed by atoms with Crippen LogP contribution >= 0.6 is 23.4 Å². The number of thioether (sulfide) groups is 1. The van der Waals surface area contributed by atoms with E-state index < -0.39 is 17.4 Å². The van der Waals surface area contributed by atoms with E-state index in [0.717, 1.165) is 42.8 Å². The quantitative estimate of drug-likeness (QED) is 0.253. The highest BCUT2D eigenvalue weighted by Crippen LogP contribution is 2.24. The zero-order valence-electron chi connectivity index (χ0n) is 20.5. The Labute approximate surface area is 226 Å². The largest absolute Gasteiger partial charge is 0.480 e. The van der Waals surface area contributed by atoms with Crippen molar-refractivity contribution in [3.63, 3.8) is 0 Å². The summed E-state index contributed by atoms with van der Waals surface area (Å²) in [6.07, 6.45) is 1.62. The monoisotopic (exact) mass is 548 g/mol. The molecular formula is C26H33ClN4O5S. The Balaban J connectivity index is 1.54. The molecule has 1 aliphatic rings. The molecule has 37 heavy (non-hydrogen) atoms. The van der Waals surface area contributed by atoms with Gasteiger partial charge in [-0.1, -0.05) is 23.7 Å². The van der Waals surface area contributed by atoms with Crippen LogP contribution in [-0.4, -0.2) is 101 Å². The predicted octanol–water partition coefficient (Wildman–Crippen LogP) is 1.81. The SMILES string of the molecule is NC(CSC(C=O)N(CCO)c1ccc(C(=O)N2CCN(CCc3ccc(Cl)cc3)CC2)cc1)C(=O)O. The third kappa shape index (κ3) is 8.44. The lowest BCUT2D eigenvalue weighted by Gasteiger charge is -2.35. The van der Waals surface area contributed by atoms with Gasteiger partial charge < -0.3 is 30.5 Å². The normalized spacial score (nSPS) is 15.7. The summed E-state index contributed by atoms with van der Waals surface area (Å²) in [4.78, 5) is 41.6. The van der Waals surface area contributed by atoms with Crippen LogP contribution in [0.5, 0.6) is 0 Å². The molecular weight excluding hydrogens is 516 g/mol. The van der Waals surface area contributed by atoms with Crippen LogP contribution in [0.25, 0.3) is 0 Å². The number of nitrogens with zero attached hydrogens (tertiary/aromatic N) is 3. The maximum absolute atomic E-state index is 13.1. The van der Waals surface area contributed by atoms with Crippen LogP contribution in [0, 0.1) is 0 Å². The molecule has 0 bridgehead atoms. The van der Waals surface area contributed by atoms with E-state index in [2.05, 4.69) is 4.90 Å². The molecule has 1 heterocycles. The Bertz CT molecular complexity index is 1030. The number of aliphatic hydroxyl groups excluding tert-OH is 1. The molecule has 1 fully saturated rings. The minimum Gasteiger partial charge on any atom is -0.480 e. The molecule has 200 valence electrons. The number of anilines is 1. The third-order valence-electron chi connectivity index (χ3n) is 6.26. The number of carbonyl (C=O) groups is 3. The van der Waals surface area contributed by atoms with Gasteiger partial charge in [-0.3, -0.25) is 14.5 Å². The van der Waals surface area contributed by atoms with E-state index in [4.69, 9.17) is 22.4 Å². The first-order valence-electron chi connectivity index (χ1n) is 12.1. The Hall–Kier alpha value is -2.63. The summed E-state index contributed by atoms with van der Waals surface area (Å²) < 4.78 is 0. The summed E-state index contributed by atoms with van der Waals surface area (Å²) in [5.74, 6) is -1.15. The molecule has 1 aliphatic heterocycles. The maximum Gasteiger partial charge on any atom is 0.321 e. The fourth-order valence-corrected chi connectivity index (χ4v) is 5.24. The number of carbonyl (C=O) groups excluding carboxylic acids is 2. The number of nitrogens with two attached hydrogens (primary N) is 1. The molecule has 0 radical (unpaired) electrons. The number of hydrogen-bond acceptors (Lipinski definition) is 8. The van der Waals surface area contributed by atoms with E-state index >= 15 is 0 Å². The van der Waals surface area contributed by atoms with E-state index in [0.29, 0.717) is 30.6 Å². The van der Waals surface area contributed by atoms with E-state index in [1.165, 1.54) is 5.56 Å². The molecule has 0 aromatic heterocycles. The van der Waals surface area contributed by atoms with Crippen LogP contribution in [-0.2, 0) is 16.0 Å². The molecule has 11 heteroatoms. The molecule has 0 spiro atoms. The van der Waals surface area contributed by atoms with Crippen LogP contribution in [0.4, 0.5) is 5.69 Å². The lowest BCUT2D eigenvalue weighted by Crippen LogP contribution is -2.49. The number of rotatable bonds is 13. The van der Waals surface area contributed by atoms with Crippen LogP contribution in [0.2, 0.25) is 5.02 Å². The summed E-state index contributed by atoms with van der Waals surface area (Å²) in [7, 11) is 0. The van der Waals surface area contributed by atoms with Crippen molar-refractivity contribution in [3.05, 3.63) is 64.7 Å². The van der Waals surface area contributed by atoms with Crippen molar-refractivity contribution in [1.29, 1.82) is 0 Å². The number of aliphatic carboxylic acids is 1. The van der Waals surface area contributed by atoms with Gasteiger partial charge in [0.1, 0.15) is 11.4 Å². The van der Waals surface area contributed by atoms with Crippen LogP contribution in [0.3, 0.4) is 0 Å². The minimum atomic E-state index is -1.14. The van der Waals surface area contributed by atoms with Gasteiger partial charge in [-0.25, -0.2) is 0 Å². The average molecular weight is 549 g/mol. The van der Waals surface area contributed by atoms with Crippen molar-refractivity contribution < 1.29 is 24.6 Å². The van der Waals surface area contributed by atoms with Crippen LogP contribution < -0.4 is 10.6 Å². The maximum atomic E-state index is 13.1. The van der Waals surface area contributed by atoms with Gasteiger partial charge in [-0.05, 0) is 48.4 Å². The Morgan fingerprint density at radius 3 is 2.30 bits per heavy atom. The number of hydrogen-bond donors (Lipinski definition) is 3. The zero-order valence-corrected chi connectivity index (χ0v) is 22.1. The number of carboxylic acid groups (broad SMARTS) is 1. The fraction of sp³-hybridized carbons (Fsp3) is 0.423. The number of aldehydes is 1. The van der Waals surface area contributed by atoms with E-state index in [1.807, 2.05) is 29.2 Å². The van der Waals surface area contributed by atoms with Crippen molar-refractivity contribution in [2.45, 2.75) is 17.8 Å². The van der Waals surface area contributed by atoms with Gasteiger partial charge in [0.25, 0.3) is 5.91 Å². The molecule has 9 nitrogen and oxygen atoms in total. The average Bonchev–Trinajstić information content (AvgIpc) is 2.92. The first-order valence-corrected chi connectivity index (χ1v) is 13.5. The second-order valence-electron chi connectivity index (χ2n) is 8.78. The van der Waals surface area contributed by atoms with Gasteiger partial charge >= 0.3 is 5.97 Å². The molecule has 1 saturated heterocycles. The van der Waals surface area contributed by atoms with E-state index in [9.17, 15) is 19.5 Å². The van der Waals surface area contributed by atoms with Gasteiger partial charge in [0.05, 0.1) is 6.61 Å². The van der Waals surface area contributed by atoms with Crippen molar-refractivity contribution in [1.82, 2.24) is 9.80 Å². The highest BCUT2D eigenvalue weighted by molar-refractivity contribution is 8.00. The van der Waals surface area contributed by atoms with Crippen LogP contribution in [0.1, 0.15) is 15.9 Å². The number of amides is 1. The predicted molar refractivity (Wildman–Crippen MR) is 146 cm³/mol. The second kappa shape index (κ2) is 14.3. The zero-order chi connectivity index (χ0) is 26.8. The molecule has 0 saturated carbocycles. The van der Waals surface area contributed by atoms with E-state index in [1.54, 1.807) is 29.2 Å². The van der Waals surface area contributed by atoms with Crippen molar-refractivity contribution in [2.75, 3.05) is 56.5 Å². The first kappa shape index (κ1) is 28.9. The summed E-state index contributed by atoms with van der Waals surface area (Å²) in [6.45, 7) is 3.79. The Morgan fingerprint density at radius 2 is 1.73 bits per heavy atom. The fourth-order valence-electron chi connectivity index (χ4n) is 4.08.